The van der Waals surface area contributed by atoms with Crippen LogP contribution in [0.2, 0.25) is 0 Å². The van der Waals surface area contributed by atoms with Crippen LogP contribution in [-0.4, -0.2) is 326 Å². The van der Waals surface area contributed by atoms with E-state index in [0.717, 1.165) is 0 Å². The number of rotatable bonds is 17. The average molecular weight is 1280 g/mol. The summed E-state index contributed by atoms with van der Waals surface area (Å²) >= 11 is 0. The Morgan fingerprint density at radius 1 is 0.455 bits per heavy atom. The average Bonchev–Trinajstić information content (AvgIpc) is 0.951. The molecule has 4 aliphatic carbocycles. The number of carbonyl (C=O) groups excluding carboxylic acids is 1. The SMILES string of the molecule is C=C1C[C@@]23CCC4[C@](C)(C(=O)OC5OC(CO)C(O)C(OC6OC(CO)C(O)C(O)C6O)C5OC5OC(CO)C(O)C(O)C5O)CCC[C@@]4(C)[C@@H]2CC[C@]1(OC1OC(CO)C(O)C(OC2OC(CO)C(O)C(O)C2O)C1OC1OC(C)C(O)C(O)C1O)C3. The molecule has 0 radical (unpaired) electrons. The third kappa shape index (κ3) is 12.0. The lowest BCUT2D eigenvalue weighted by Gasteiger charge is -2.64. The van der Waals surface area contributed by atoms with Gasteiger partial charge in [0, 0.05) is 0 Å². The second-order valence-corrected chi connectivity index (χ2v) is 26.4. The molecule has 6 heterocycles. The van der Waals surface area contributed by atoms with E-state index in [1.54, 1.807) is 6.92 Å². The van der Waals surface area contributed by atoms with Gasteiger partial charge in [-0.15, -0.1) is 0 Å². The molecule has 31 unspecified atom stereocenters. The van der Waals surface area contributed by atoms with Crippen LogP contribution in [0.15, 0.2) is 12.2 Å². The second-order valence-electron chi connectivity index (χ2n) is 26.4. The number of ether oxygens (including phenoxy) is 12. The number of hydrogen-bond acceptors (Lipinski definition) is 32. The monoisotopic (exact) mass is 1270 g/mol. The summed E-state index contributed by atoms with van der Waals surface area (Å²) in [6, 6.07) is 0. The van der Waals surface area contributed by atoms with Gasteiger partial charge in [-0.3, -0.25) is 4.79 Å². The van der Waals surface area contributed by atoms with Gasteiger partial charge < -0.3 is 154 Å². The van der Waals surface area contributed by atoms with E-state index in [0.29, 0.717) is 50.5 Å². The molecule has 36 atom stereocenters. The van der Waals surface area contributed by atoms with Crippen molar-refractivity contribution in [3.63, 3.8) is 0 Å². The number of aliphatic hydroxyl groups is 19. The fourth-order valence-electron chi connectivity index (χ4n) is 16.4. The normalized spacial score (nSPS) is 55.0. The molecule has 6 saturated heterocycles. The van der Waals surface area contributed by atoms with E-state index in [2.05, 4.69) is 13.5 Å². The maximum absolute atomic E-state index is 15.4. The predicted octanol–water partition coefficient (Wildman–Crippen LogP) is -8.44. The van der Waals surface area contributed by atoms with E-state index in [9.17, 15) is 97.0 Å². The van der Waals surface area contributed by atoms with Crippen LogP contribution < -0.4 is 0 Å². The number of carbonyl (C=O) groups is 1. The van der Waals surface area contributed by atoms with E-state index in [1.807, 2.05) is 0 Å². The van der Waals surface area contributed by atoms with Crippen LogP contribution in [0.4, 0.5) is 0 Å². The van der Waals surface area contributed by atoms with E-state index in [4.69, 9.17) is 56.8 Å². The van der Waals surface area contributed by atoms with E-state index >= 15 is 4.79 Å². The van der Waals surface area contributed by atoms with Crippen LogP contribution in [0.3, 0.4) is 0 Å². The third-order valence-electron chi connectivity index (χ3n) is 21.3. The highest BCUT2D eigenvalue weighted by Gasteiger charge is 2.70. The zero-order valence-corrected chi connectivity index (χ0v) is 48.9. The van der Waals surface area contributed by atoms with Crippen molar-refractivity contribution in [2.45, 2.75) is 268 Å². The quantitative estimate of drug-likeness (QED) is 0.0365. The molecule has 0 aromatic rings. The van der Waals surface area contributed by atoms with Crippen LogP contribution in [0, 0.1) is 28.1 Å². The zero-order valence-electron chi connectivity index (χ0n) is 48.9. The molecule has 2 bridgehead atoms. The zero-order chi connectivity index (χ0) is 64.0. The lowest BCUT2D eigenvalue weighted by molar-refractivity contribution is -0.398. The fraction of sp³-hybridized carbons (Fsp3) is 0.946. The second kappa shape index (κ2) is 26.7. The molecule has 4 saturated carbocycles. The summed E-state index contributed by atoms with van der Waals surface area (Å²) in [6.45, 7) is 5.42. The van der Waals surface area contributed by atoms with E-state index in [1.165, 1.54) is 6.92 Å². The standard InChI is InChI=1S/C56H90O32/c1-19-12-55-10-6-26-53(3,27(55)7-11-56(19,18-55)88-51-45(86-46-38(72)34(68)28(62)20(2)77-46)43(33(67)25(17-61)82-51)84-48-40(74)36(70)30(64)22(14-58)79-48)8-5-9-54(26,4)52(76)87-50-44(85-49-41(75)37(71)31(65)23(15-59)80-49)42(32(66)24(16-60)81-50)83-47-39(73)35(69)29(63)21(13-57)78-47/h20-51,57-75H,1,5-18H2,2-4H3/t20?,21?,22?,23?,24?,25?,26?,27-,28?,29?,30?,31?,32?,33?,34?,35?,36?,37?,38?,39?,40?,41?,42?,43?,44?,45?,46?,47?,48?,49?,50?,51?,53+,54+,55+,56-/m0/s1. The van der Waals surface area contributed by atoms with Gasteiger partial charge in [0.1, 0.15) is 134 Å². The summed E-state index contributed by atoms with van der Waals surface area (Å²) in [4.78, 5) is 15.4. The Balaban J connectivity index is 0.919. The first-order valence-electron chi connectivity index (χ1n) is 30.3. The van der Waals surface area contributed by atoms with Crippen LogP contribution in [-0.2, 0) is 61.6 Å². The smallest absolute Gasteiger partial charge is 0.314 e. The molecule has 506 valence electrons. The molecular formula is C56H90O32. The molecule has 6 aliphatic heterocycles. The summed E-state index contributed by atoms with van der Waals surface area (Å²) in [5, 5.41) is 205. The maximum atomic E-state index is 15.4. The Hall–Kier alpha value is -1.99. The topological polar surface area (TPSA) is 512 Å². The van der Waals surface area contributed by atoms with Crippen molar-refractivity contribution in [2.75, 3.05) is 33.0 Å². The Bertz CT molecular complexity index is 2380. The summed E-state index contributed by atoms with van der Waals surface area (Å²) in [5.74, 6) is -1.38. The molecule has 19 N–H and O–H groups in total. The lowest BCUT2D eigenvalue weighted by Crippen LogP contribution is -2.68. The van der Waals surface area contributed by atoms with Crippen molar-refractivity contribution in [3.8, 4) is 0 Å². The Kier molecular flexibility index (Phi) is 20.9. The van der Waals surface area contributed by atoms with Crippen LogP contribution in [0.1, 0.15) is 78.6 Å². The van der Waals surface area contributed by atoms with Crippen molar-refractivity contribution in [2.24, 2.45) is 28.1 Å². The predicted molar refractivity (Wildman–Crippen MR) is 283 cm³/mol. The number of aliphatic hydroxyl groups excluding tert-OH is 19. The number of esters is 1. The van der Waals surface area contributed by atoms with Crippen molar-refractivity contribution in [1.29, 1.82) is 0 Å². The summed E-state index contributed by atoms with van der Waals surface area (Å²) in [6.07, 6.45) is -50.1. The lowest BCUT2D eigenvalue weighted by atomic mass is 9.41. The Morgan fingerprint density at radius 2 is 0.841 bits per heavy atom. The van der Waals surface area contributed by atoms with Gasteiger partial charge in [0.25, 0.3) is 0 Å². The maximum Gasteiger partial charge on any atom is 0.314 e. The van der Waals surface area contributed by atoms with Gasteiger partial charge in [-0.25, -0.2) is 0 Å². The minimum absolute atomic E-state index is 0.130. The van der Waals surface area contributed by atoms with Crippen molar-refractivity contribution in [3.05, 3.63) is 12.2 Å². The van der Waals surface area contributed by atoms with Crippen LogP contribution >= 0.6 is 0 Å². The summed E-state index contributed by atoms with van der Waals surface area (Å²) < 4.78 is 73.2. The largest absolute Gasteiger partial charge is 0.432 e. The fourth-order valence-corrected chi connectivity index (χ4v) is 16.4. The highest BCUT2D eigenvalue weighted by atomic mass is 16.8. The minimum Gasteiger partial charge on any atom is -0.432 e. The highest BCUT2D eigenvalue weighted by molar-refractivity contribution is 5.77. The first-order valence-corrected chi connectivity index (χ1v) is 30.3. The molecule has 32 heteroatoms. The molecular weight excluding hydrogens is 1180 g/mol. The van der Waals surface area contributed by atoms with E-state index < -0.39 is 251 Å². The summed E-state index contributed by atoms with van der Waals surface area (Å²) in [7, 11) is 0. The number of hydrogen-bond donors (Lipinski definition) is 19. The van der Waals surface area contributed by atoms with Crippen molar-refractivity contribution >= 4 is 5.97 Å². The first-order chi connectivity index (χ1) is 41.6. The van der Waals surface area contributed by atoms with Gasteiger partial charge in [0.15, 0.2) is 37.6 Å². The van der Waals surface area contributed by atoms with Crippen LogP contribution in [0.5, 0.6) is 0 Å². The van der Waals surface area contributed by atoms with Crippen LogP contribution in [0.25, 0.3) is 0 Å². The molecule has 0 amide bonds. The molecule has 0 aromatic carbocycles. The van der Waals surface area contributed by atoms with Gasteiger partial charge >= 0.3 is 5.97 Å². The van der Waals surface area contributed by atoms with Gasteiger partial charge in [-0.2, -0.15) is 0 Å². The van der Waals surface area contributed by atoms with Gasteiger partial charge in [-0.1, -0.05) is 19.9 Å². The third-order valence-corrected chi connectivity index (χ3v) is 21.3. The molecule has 10 rings (SSSR count). The molecule has 10 aliphatic rings. The minimum atomic E-state index is -2.07. The molecule has 10 fully saturated rings. The Labute approximate surface area is 505 Å². The van der Waals surface area contributed by atoms with Crippen molar-refractivity contribution in [1.82, 2.24) is 0 Å². The Morgan fingerprint density at radius 3 is 1.31 bits per heavy atom. The van der Waals surface area contributed by atoms with Gasteiger partial charge in [0.2, 0.25) is 6.29 Å². The number of fused-ring (bicyclic) bond motifs is 3. The summed E-state index contributed by atoms with van der Waals surface area (Å²) in [5.41, 5.74) is -3.10. The first kappa shape index (κ1) is 68.9. The molecule has 32 nitrogen and oxygen atoms in total. The van der Waals surface area contributed by atoms with Gasteiger partial charge in [0.05, 0.1) is 50.2 Å². The molecule has 88 heavy (non-hydrogen) atoms. The molecule has 0 aromatic heterocycles. The van der Waals surface area contributed by atoms with Crippen molar-refractivity contribution < 1.29 is 159 Å². The molecule has 1 spiro atoms. The van der Waals surface area contributed by atoms with Gasteiger partial charge in [-0.05, 0) is 93.5 Å². The van der Waals surface area contributed by atoms with E-state index in [-0.39, 0.29) is 18.8 Å². The highest BCUT2D eigenvalue weighted by Crippen LogP contribution is 2.74.